The second-order valence-corrected chi connectivity index (χ2v) is 3.41. The summed E-state index contributed by atoms with van der Waals surface area (Å²) in [6.45, 7) is 10.5. The van der Waals surface area contributed by atoms with Gasteiger partial charge in [0, 0.05) is 19.6 Å². The number of hydrogen-bond acceptors (Lipinski definition) is 3. The molecule has 4 heteroatoms. The molecule has 2 N–H and O–H groups in total. The molecule has 0 rings (SSSR count). The van der Waals surface area contributed by atoms with Crippen LogP contribution < -0.4 is 5.73 Å². The number of hydrogen-bond donors (Lipinski definition) is 1. The first-order valence-electron chi connectivity index (χ1n) is 5.26. The van der Waals surface area contributed by atoms with Crippen LogP contribution in [-0.2, 0) is 0 Å². The lowest BCUT2D eigenvalue weighted by atomic mass is 10.0. The molecule has 0 spiro atoms. The van der Waals surface area contributed by atoms with E-state index in [1.54, 1.807) is 0 Å². The topological polar surface area (TPSA) is 41.6 Å². The van der Waals surface area contributed by atoms with E-state index in [4.69, 9.17) is 5.73 Å². The Labute approximate surface area is 88.5 Å². The van der Waals surface area contributed by atoms with Crippen molar-refractivity contribution in [3.8, 4) is 0 Å². The van der Waals surface area contributed by atoms with Crippen molar-refractivity contribution in [2.75, 3.05) is 19.6 Å². The molecule has 0 saturated carbocycles. The van der Waals surface area contributed by atoms with Gasteiger partial charge in [0.15, 0.2) is 0 Å². The molecule has 1 atom stereocenters. The van der Waals surface area contributed by atoms with Crippen LogP contribution in [0.5, 0.6) is 0 Å². The van der Waals surface area contributed by atoms with E-state index in [-0.39, 0.29) is 0 Å². The highest BCUT2D eigenvalue weighted by atomic mass is 15.2. The predicted molar refractivity (Wildman–Crippen MR) is 66.7 cm³/mol. The van der Waals surface area contributed by atoms with Gasteiger partial charge in [0.25, 0.3) is 0 Å². The zero-order chi connectivity index (χ0) is 11.0. The third kappa shape index (κ3) is 5.07. The molecule has 14 heavy (non-hydrogen) atoms. The van der Waals surface area contributed by atoms with Gasteiger partial charge in [-0.15, -0.1) is 0 Å². The van der Waals surface area contributed by atoms with Crippen LogP contribution in [0.2, 0.25) is 6.32 Å². The highest BCUT2D eigenvalue weighted by molar-refractivity contribution is 6.10. The Kier molecular flexibility index (Phi) is 7.20. The van der Waals surface area contributed by atoms with Gasteiger partial charge in [-0.05, 0) is 32.1 Å². The first-order chi connectivity index (χ1) is 6.65. The van der Waals surface area contributed by atoms with Crippen LogP contribution in [0.25, 0.3) is 0 Å². The highest BCUT2D eigenvalue weighted by Gasteiger charge is 2.08. The van der Waals surface area contributed by atoms with Crippen molar-refractivity contribution in [2.24, 2.45) is 10.7 Å². The quantitative estimate of drug-likeness (QED) is 0.468. The number of rotatable bonds is 7. The van der Waals surface area contributed by atoms with Crippen LogP contribution in [0.1, 0.15) is 13.8 Å². The fourth-order valence-electron chi connectivity index (χ4n) is 1.38. The SMILES string of the molecule is BCC(=C)N(CCN)CC(C)/N=C/C. The minimum absolute atomic E-state index is 0.315. The first kappa shape index (κ1) is 13.2. The van der Waals surface area contributed by atoms with Crippen molar-refractivity contribution in [1.82, 2.24) is 4.90 Å². The largest absolute Gasteiger partial charge is 0.373 e. The van der Waals surface area contributed by atoms with Crippen LogP contribution >= 0.6 is 0 Å². The van der Waals surface area contributed by atoms with Crippen LogP contribution in [-0.4, -0.2) is 44.6 Å². The summed E-state index contributed by atoms with van der Waals surface area (Å²) < 4.78 is 0. The van der Waals surface area contributed by atoms with Gasteiger partial charge in [0.2, 0.25) is 0 Å². The molecule has 0 heterocycles. The molecule has 0 aromatic carbocycles. The molecule has 0 aromatic heterocycles. The Morgan fingerprint density at radius 3 is 2.79 bits per heavy atom. The van der Waals surface area contributed by atoms with Gasteiger partial charge in [0.1, 0.15) is 7.85 Å². The second kappa shape index (κ2) is 7.62. The van der Waals surface area contributed by atoms with Gasteiger partial charge in [-0.1, -0.05) is 6.58 Å². The maximum Gasteiger partial charge on any atom is 0.108 e. The van der Waals surface area contributed by atoms with E-state index in [2.05, 4.69) is 31.2 Å². The van der Waals surface area contributed by atoms with E-state index in [9.17, 15) is 0 Å². The van der Waals surface area contributed by atoms with Gasteiger partial charge in [0.05, 0.1) is 6.04 Å². The highest BCUT2D eigenvalue weighted by Crippen LogP contribution is 2.06. The van der Waals surface area contributed by atoms with E-state index in [0.29, 0.717) is 12.6 Å². The zero-order valence-corrected chi connectivity index (χ0v) is 9.66. The van der Waals surface area contributed by atoms with Gasteiger partial charge in [-0.25, -0.2) is 0 Å². The van der Waals surface area contributed by atoms with E-state index in [0.717, 1.165) is 25.1 Å². The molecule has 0 amide bonds. The minimum Gasteiger partial charge on any atom is -0.373 e. The molecule has 0 aliphatic carbocycles. The molecule has 0 bridgehead atoms. The zero-order valence-electron chi connectivity index (χ0n) is 9.66. The summed E-state index contributed by atoms with van der Waals surface area (Å²) in [5.74, 6) is 0. The first-order valence-corrected chi connectivity index (χ1v) is 5.26. The Morgan fingerprint density at radius 1 is 1.71 bits per heavy atom. The van der Waals surface area contributed by atoms with Gasteiger partial charge < -0.3 is 10.6 Å². The Morgan fingerprint density at radius 2 is 2.36 bits per heavy atom. The molecule has 1 unspecified atom stereocenters. The summed E-state index contributed by atoms with van der Waals surface area (Å²) in [6, 6.07) is 0.315. The fourth-order valence-corrected chi connectivity index (χ4v) is 1.38. The summed E-state index contributed by atoms with van der Waals surface area (Å²) >= 11 is 0. The average molecular weight is 195 g/mol. The van der Waals surface area contributed by atoms with Gasteiger partial charge in [-0.2, -0.15) is 0 Å². The third-order valence-electron chi connectivity index (χ3n) is 2.14. The molecule has 80 valence electrons. The number of nitrogens with zero attached hydrogens (tertiary/aromatic N) is 2. The number of nitrogens with two attached hydrogens (primary N) is 1. The maximum absolute atomic E-state index is 5.55. The van der Waals surface area contributed by atoms with Crippen LogP contribution in [0.15, 0.2) is 17.3 Å². The average Bonchev–Trinajstić information content (AvgIpc) is 2.16. The molecule has 0 aliphatic heterocycles. The normalized spacial score (nSPS) is 13.1. The molecule has 0 radical (unpaired) electrons. The summed E-state index contributed by atoms with van der Waals surface area (Å²) in [5.41, 5.74) is 6.70. The monoisotopic (exact) mass is 195 g/mol. The molecular weight excluding hydrogens is 173 g/mol. The van der Waals surface area contributed by atoms with Crippen molar-refractivity contribution in [1.29, 1.82) is 0 Å². The third-order valence-corrected chi connectivity index (χ3v) is 2.14. The number of allylic oxidation sites excluding steroid dienone is 1. The lowest BCUT2D eigenvalue weighted by molar-refractivity contribution is 0.337. The summed E-state index contributed by atoms with van der Waals surface area (Å²) in [6.07, 6.45) is 2.82. The van der Waals surface area contributed by atoms with Crippen LogP contribution in [0.4, 0.5) is 0 Å². The van der Waals surface area contributed by atoms with Gasteiger partial charge in [-0.3, -0.25) is 4.99 Å². The summed E-state index contributed by atoms with van der Waals surface area (Å²) in [5, 5.41) is 0. The molecular formula is C10H22BN3. The number of aliphatic imine (C=N–C) groups is 1. The molecule has 0 aliphatic rings. The summed E-state index contributed by atoms with van der Waals surface area (Å²) in [4.78, 5) is 6.53. The fraction of sp³-hybridized carbons (Fsp3) is 0.700. The van der Waals surface area contributed by atoms with Crippen LogP contribution in [0.3, 0.4) is 0 Å². The molecule has 0 aromatic rings. The van der Waals surface area contributed by atoms with E-state index >= 15 is 0 Å². The minimum atomic E-state index is 0.315. The lowest BCUT2D eigenvalue weighted by Crippen LogP contribution is -2.33. The van der Waals surface area contributed by atoms with Crippen molar-refractivity contribution >= 4 is 14.1 Å². The smallest absolute Gasteiger partial charge is 0.108 e. The molecule has 3 nitrogen and oxygen atoms in total. The Balaban J connectivity index is 4.14. The Bertz CT molecular complexity index is 192. The van der Waals surface area contributed by atoms with Crippen molar-refractivity contribution < 1.29 is 0 Å². The van der Waals surface area contributed by atoms with E-state index in [1.807, 2.05) is 13.1 Å². The lowest BCUT2D eigenvalue weighted by Gasteiger charge is -2.27. The molecule has 0 saturated heterocycles. The van der Waals surface area contributed by atoms with Crippen molar-refractivity contribution in [3.05, 3.63) is 12.3 Å². The maximum atomic E-state index is 5.55. The second-order valence-electron chi connectivity index (χ2n) is 3.41. The van der Waals surface area contributed by atoms with Gasteiger partial charge >= 0.3 is 0 Å². The van der Waals surface area contributed by atoms with E-state index in [1.165, 1.54) is 0 Å². The van der Waals surface area contributed by atoms with E-state index < -0.39 is 0 Å². The van der Waals surface area contributed by atoms with Crippen LogP contribution in [0, 0.1) is 0 Å². The molecule has 0 fully saturated rings. The van der Waals surface area contributed by atoms with Crippen molar-refractivity contribution in [2.45, 2.75) is 26.2 Å². The Hall–Kier alpha value is -0.765. The summed E-state index contributed by atoms with van der Waals surface area (Å²) in [7, 11) is 2.11. The van der Waals surface area contributed by atoms with Crippen molar-refractivity contribution in [3.63, 3.8) is 0 Å². The predicted octanol–water partition coefficient (Wildman–Crippen LogP) is 0.291. The standard InChI is InChI=1S/C10H22BN3/c1-4-13-9(2)8-14(6-5-12)10(3)7-11/h4,9H,3,5-8,11-12H2,1-2H3/b13-4+.